The minimum absolute atomic E-state index is 0.0947. The number of rotatable bonds is 6. The highest BCUT2D eigenvalue weighted by atomic mass is 16.5. The number of amides is 1. The monoisotopic (exact) mass is 355 g/mol. The number of hydrogen-bond acceptors (Lipinski definition) is 4. The highest BCUT2D eigenvalue weighted by Gasteiger charge is 2.22. The lowest BCUT2D eigenvalue weighted by atomic mass is 10.1. The fourth-order valence-corrected chi connectivity index (χ4v) is 2.96. The molecule has 1 heterocycles. The quantitative estimate of drug-likeness (QED) is 0.832. The molecule has 1 N–H and O–H groups in total. The average Bonchev–Trinajstić information content (AvgIpc) is 2.94. The van der Waals surface area contributed by atoms with Gasteiger partial charge in [0.2, 0.25) is 0 Å². The van der Waals surface area contributed by atoms with Gasteiger partial charge in [-0.25, -0.2) is 0 Å². The van der Waals surface area contributed by atoms with E-state index in [9.17, 15) is 4.79 Å². The van der Waals surface area contributed by atoms with Crippen molar-refractivity contribution in [3.63, 3.8) is 0 Å². The first-order chi connectivity index (χ1) is 12.5. The number of ether oxygens (including phenoxy) is 3. The standard InChI is InChI=1S/C21H25NO4/c1-5-24-20-11-16-10-14(4)26-19(16)12-18(20)22-21(23)15-6-8-17(9-7-15)25-13(2)3/h6-9,11-14H,5,10H2,1-4H3,(H,22,23). The molecule has 0 saturated heterocycles. The van der Waals surface area contributed by atoms with Crippen molar-refractivity contribution in [2.75, 3.05) is 11.9 Å². The van der Waals surface area contributed by atoms with Gasteiger partial charge in [0.25, 0.3) is 5.91 Å². The first kappa shape index (κ1) is 18.1. The first-order valence-corrected chi connectivity index (χ1v) is 9.00. The summed E-state index contributed by atoms with van der Waals surface area (Å²) in [5, 5.41) is 2.93. The maximum Gasteiger partial charge on any atom is 0.255 e. The average molecular weight is 355 g/mol. The zero-order valence-electron chi connectivity index (χ0n) is 15.7. The van der Waals surface area contributed by atoms with Crippen molar-refractivity contribution in [2.24, 2.45) is 0 Å². The van der Waals surface area contributed by atoms with Gasteiger partial charge in [0, 0.05) is 23.6 Å². The van der Waals surface area contributed by atoms with Crippen molar-refractivity contribution >= 4 is 11.6 Å². The van der Waals surface area contributed by atoms with Crippen LogP contribution in [0.5, 0.6) is 17.2 Å². The maximum atomic E-state index is 12.6. The molecule has 0 fully saturated rings. The van der Waals surface area contributed by atoms with E-state index in [1.165, 1.54) is 0 Å². The minimum atomic E-state index is -0.201. The molecular formula is C21H25NO4. The smallest absolute Gasteiger partial charge is 0.255 e. The molecule has 1 amide bonds. The van der Waals surface area contributed by atoms with E-state index in [2.05, 4.69) is 5.32 Å². The van der Waals surface area contributed by atoms with E-state index >= 15 is 0 Å². The lowest BCUT2D eigenvalue weighted by Gasteiger charge is -2.14. The van der Waals surface area contributed by atoms with E-state index in [0.717, 1.165) is 23.5 Å². The Hall–Kier alpha value is -2.69. The molecular weight excluding hydrogens is 330 g/mol. The van der Waals surface area contributed by atoms with E-state index in [4.69, 9.17) is 14.2 Å². The van der Waals surface area contributed by atoms with Crippen molar-refractivity contribution in [2.45, 2.75) is 46.3 Å². The molecule has 138 valence electrons. The third-order valence-corrected chi connectivity index (χ3v) is 4.03. The molecule has 1 unspecified atom stereocenters. The minimum Gasteiger partial charge on any atom is -0.492 e. The van der Waals surface area contributed by atoms with Gasteiger partial charge in [-0.2, -0.15) is 0 Å². The van der Waals surface area contributed by atoms with Crippen molar-refractivity contribution in [1.29, 1.82) is 0 Å². The second kappa shape index (κ2) is 7.68. The van der Waals surface area contributed by atoms with E-state index in [0.29, 0.717) is 23.6 Å². The number of anilines is 1. The van der Waals surface area contributed by atoms with Crippen LogP contribution in [0.15, 0.2) is 36.4 Å². The molecule has 0 bridgehead atoms. The van der Waals surface area contributed by atoms with Crippen LogP contribution in [0.3, 0.4) is 0 Å². The summed E-state index contributed by atoms with van der Waals surface area (Å²) >= 11 is 0. The molecule has 0 radical (unpaired) electrons. The molecule has 0 aromatic heterocycles. The van der Waals surface area contributed by atoms with E-state index in [-0.39, 0.29) is 18.1 Å². The molecule has 1 aliphatic rings. The summed E-state index contributed by atoms with van der Waals surface area (Å²) in [5.74, 6) is 2.01. The molecule has 0 aliphatic carbocycles. The number of carbonyl (C=O) groups excluding carboxylic acids is 1. The van der Waals surface area contributed by atoms with E-state index < -0.39 is 0 Å². The van der Waals surface area contributed by atoms with Gasteiger partial charge in [-0.1, -0.05) is 0 Å². The number of benzene rings is 2. The Morgan fingerprint density at radius 3 is 2.65 bits per heavy atom. The van der Waals surface area contributed by atoms with Crippen LogP contribution < -0.4 is 19.5 Å². The highest BCUT2D eigenvalue weighted by molar-refractivity contribution is 6.05. The molecule has 26 heavy (non-hydrogen) atoms. The van der Waals surface area contributed by atoms with Gasteiger partial charge in [-0.15, -0.1) is 0 Å². The molecule has 0 spiro atoms. The Balaban J connectivity index is 1.79. The molecule has 3 rings (SSSR count). The summed E-state index contributed by atoms with van der Waals surface area (Å²) in [7, 11) is 0. The summed E-state index contributed by atoms with van der Waals surface area (Å²) in [6.07, 6.45) is 1.08. The third kappa shape index (κ3) is 4.10. The molecule has 2 aromatic rings. The van der Waals surface area contributed by atoms with Gasteiger partial charge in [0.05, 0.1) is 18.4 Å². The molecule has 2 aromatic carbocycles. The maximum absolute atomic E-state index is 12.6. The predicted molar refractivity (Wildman–Crippen MR) is 102 cm³/mol. The van der Waals surface area contributed by atoms with Crippen LogP contribution in [0.2, 0.25) is 0 Å². The van der Waals surface area contributed by atoms with Crippen molar-refractivity contribution in [1.82, 2.24) is 0 Å². The SMILES string of the molecule is CCOc1cc2c(cc1NC(=O)c1ccc(OC(C)C)cc1)OC(C)C2. The van der Waals surface area contributed by atoms with Crippen LogP contribution in [0.1, 0.15) is 43.6 Å². The molecule has 1 atom stereocenters. The van der Waals surface area contributed by atoms with Gasteiger partial charge in [0.1, 0.15) is 23.4 Å². The topological polar surface area (TPSA) is 56.8 Å². The molecule has 1 aliphatic heterocycles. The van der Waals surface area contributed by atoms with Crippen LogP contribution in [0.25, 0.3) is 0 Å². The second-order valence-electron chi connectivity index (χ2n) is 6.67. The molecule has 5 nitrogen and oxygen atoms in total. The van der Waals surface area contributed by atoms with Gasteiger partial charge in [-0.3, -0.25) is 4.79 Å². The van der Waals surface area contributed by atoms with Gasteiger partial charge < -0.3 is 19.5 Å². The van der Waals surface area contributed by atoms with E-state index in [1.807, 2.05) is 39.8 Å². The van der Waals surface area contributed by atoms with Crippen LogP contribution in [0.4, 0.5) is 5.69 Å². The summed E-state index contributed by atoms with van der Waals surface area (Å²) < 4.78 is 17.1. The Morgan fingerprint density at radius 1 is 1.27 bits per heavy atom. The van der Waals surface area contributed by atoms with Crippen LogP contribution >= 0.6 is 0 Å². The predicted octanol–water partition coefficient (Wildman–Crippen LogP) is 4.45. The number of fused-ring (bicyclic) bond motifs is 1. The lowest BCUT2D eigenvalue weighted by Crippen LogP contribution is -2.13. The fourth-order valence-electron chi connectivity index (χ4n) is 2.96. The number of carbonyl (C=O) groups is 1. The zero-order valence-corrected chi connectivity index (χ0v) is 15.7. The summed E-state index contributed by atoms with van der Waals surface area (Å²) in [6.45, 7) is 8.41. The van der Waals surface area contributed by atoms with Crippen molar-refractivity contribution in [3.8, 4) is 17.2 Å². The normalized spacial score (nSPS) is 15.3. The first-order valence-electron chi connectivity index (χ1n) is 9.00. The Bertz CT molecular complexity index is 783. The Kier molecular flexibility index (Phi) is 5.35. The summed E-state index contributed by atoms with van der Waals surface area (Å²) in [6, 6.07) is 10.9. The zero-order chi connectivity index (χ0) is 18.7. The van der Waals surface area contributed by atoms with E-state index in [1.54, 1.807) is 24.3 Å². The van der Waals surface area contributed by atoms with Gasteiger partial charge in [-0.05, 0) is 58.0 Å². The molecule has 0 saturated carbocycles. The molecule has 5 heteroatoms. The van der Waals surface area contributed by atoms with Crippen molar-refractivity contribution in [3.05, 3.63) is 47.5 Å². The Morgan fingerprint density at radius 2 is 2.00 bits per heavy atom. The third-order valence-electron chi connectivity index (χ3n) is 4.03. The summed E-state index contributed by atoms with van der Waals surface area (Å²) in [5.41, 5.74) is 2.28. The van der Waals surface area contributed by atoms with Crippen LogP contribution in [-0.2, 0) is 6.42 Å². The number of hydrogen-bond donors (Lipinski definition) is 1. The number of nitrogens with one attached hydrogen (secondary N) is 1. The van der Waals surface area contributed by atoms with Crippen LogP contribution in [-0.4, -0.2) is 24.7 Å². The fraction of sp³-hybridized carbons (Fsp3) is 0.381. The second-order valence-corrected chi connectivity index (χ2v) is 6.67. The van der Waals surface area contributed by atoms with Gasteiger partial charge >= 0.3 is 0 Å². The largest absolute Gasteiger partial charge is 0.492 e. The lowest BCUT2D eigenvalue weighted by molar-refractivity contribution is 0.102. The van der Waals surface area contributed by atoms with Crippen molar-refractivity contribution < 1.29 is 19.0 Å². The van der Waals surface area contributed by atoms with Gasteiger partial charge in [0.15, 0.2) is 0 Å². The Labute approximate surface area is 154 Å². The van der Waals surface area contributed by atoms with Crippen LogP contribution in [0, 0.1) is 0 Å². The highest BCUT2D eigenvalue weighted by Crippen LogP contribution is 2.38. The summed E-state index contributed by atoms with van der Waals surface area (Å²) in [4.78, 5) is 12.6.